The summed E-state index contributed by atoms with van der Waals surface area (Å²) in [5, 5.41) is 13.0. The predicted molar refractivity (Wildman–Crippen MR) is 74.7 cm³/mol. The molecule has 1 aromatic heterocycles. The van der Waals surface area contributed by atoms with E-state index in [1.54, 1.807) is 6.07 Å². The number of hydrogen-bond acceptors (Lipinski definition) is 5. The molecule has 126 valence electrons. The van der Waals surface area contributed by atoms with Crippen molar-refractivity contribution in [3.05, 3.63) is 40.2 Å². The zero-order valence-electron chi connectivity index (χ0n) is 12.6. The number of alkyl halides is 3. The normalized spacial score (nSPS) is 21.5. The van der Waals surface area contributed by atoms with Crippen molar-refractivity contribution in [2.45, 2.75) is 31.4 Å². The molecule has 1 atom stereocenters. The Labute approximate surface area is 135 Å². The minimum Gasteiger partial charge on any atom is -0.444 e. The molecule has 0 saturated carbocycles. The van der Waals surface area contributed by atoms with Crippen LogP contribution in [0.1, 0.15) is 36.4 Å². The number of rotatable bonds is 1. The molecule has 0 amide bonds. The van der Waals surface area contributed by atoms with E-state index >= 15 is 0 Å². The van der Waals surface area contributed by atoms with Gasteiger partial charge in [0.05, 0.1) is 12.1 Å². The molecule has 2 N–H and O–H groups in total. The lowest BCUT2D eigenvalue weighted by Gasteiger charge is -2.31. The van der Waals surface area contributed by atoms with Crippen molar-refractivity contribution in [1.82, 2.24) is 9.78 Å². The molecule has 1 aromatic rings. The van der Waals surface area contributed by atoms with E-state index in [1.807, 2.05) is 0 Å². The van der Waals surface area contributed by atoms with E-state index in [1.165, 1.54) is 0 Å². The molecule has 3 rings (SSSR count). The summed E-state index contributed by atoms with van der Waals surface area (Å²) < 4.78 is 46.3. The van der Waals surface area contributed by atoms with Gasteiger partial charge in [-0.3, -0.25) is 9.48 Å². The highest BCUT2D eigenvalue weighted by Gasteiger charge is 2.45. The molecule has 1 aliphatic carbocycles. The Hall–Kier alpha value is -2.76. The highest BCUT2D eigenvalue weighted by molar-refractivity contribution is 5.99. The van der Waals surface area contributed by atoms with Crippen LogP contribution < -0.4 is 5.73 Å². The van der Waals surface area contributed by atoms with Crippen molar-refractivity contribution in [3.63, 3.8) is 0 Å². The van der Waals surface area contributed by atoms with Crippen LogP contribution in [-0.4, -0.2) is 15.6 Å². The number of halogens is 3. The van der Waals surface area contributed by atoms with Gasteiger partial charge >= 0.3 is 6.18 Å². The highest BCUT2D eigenvalue weighted by atomic mass is 19.4. The number of nitriles is 1. The fraction of sp³-hybridized carbons (Fsp3) is 0.400. The molecule has 9 heteroatoms. The average molecular weight is 338 g/mol. The molecular weight excluding hydrogens is 325 g/mol. The second kappa shape index (κ2) is 5.40. The number of nitrogens with zero attached hydrogens (tertiary/aromatic N) is 3. The van der Waals surface area contributed by atoms with Crippen molar-refractivity contribution in [1.29, 1.82) is 5.26 Å². The van der Waals surface area contributed by atoms with Crippen LogP contribution in [-0.2, 0) is 22.8 Å². The minimum atomic E-state index is -4.69. The van der Waals surface area contributed by atoms with Crippen molar-refractivity contribution >= 4 is 5.78 Å². The van der Waals surface area contributed by atoms with Gasteiger partial charge in [-0.2, -0.15) is 23.5 Å². The van der Waals surface area contributed by atoms with Gasteiger partial charge in [-0.1, -0.05) is 0 Å². The number of Topliss-reactive ketones (excluding diaryl/α,β-unsaturated/α-hetero) is 1. The lowest BCUT2D eigenvalue weighted by Crippen LogP contribution is -2.28. The molecule has 0 unspecified atom stereocenters. The van der Waals surface area contributed by atoms with Gasteiger partial charge in [0, 0.05) is 31.0 Å². The SMILES string of the molecule is Cn1ncc([C@H]2C(C#N)=C(N)OC3=C2C(=O)CCC3)c1C(F)(F)F. The Morgan fingerprint density at radius 1 is 1.46 bits per heavy atom. The number of aromatic nitrogens is 2. The van der Waals surface area contributed by atoms with Gasteiger partial charge < -0.3 is 10.5 Å². The van der Waals surface area contributed by atoms with Crippen LogP contribution in [0.5, 0.6) is 0 Å². The zero-order chi connectivity index (χ0) is 17.6. The topological polar surface area (TPSA) is 93.9 Å². The Kier molecular flexibility index (Phi) is 3.63. The summed E-state index contributed by atoms with van der Waals surface area (Å²) in [6, 6.07) is 1.78. The summed E-state index contributed by atoms with van der Waals surface area (Å²) in [7, 11) is 1.16. The molecule has 0 aromatic carbocycles. The van der Waals surface area contributed by atoms with Gasteiger partial charge in [0.2, 0.25) is 5.88 Å². The van der Waals surface area contributed by atoms with Crippen LogP contribution in [0.15, 0.2) is 29.0 Å². The average Bonchev–Trinajstić information content (AvgIpc) is 2.87. The van der Waals surface area contributed by atoms with E-state index < -0.39 is 17.8 Å². The standard InChI is InChI=1S/C15H13F3N4O2/c1-22-13(15(16,17)18)8(6-21-22)11-7(5-19)14(20)24-10-4-2-3-9(23)12(10)11/h6,11H,2-4,20H2,1H3/t11-/m1/s1. The van der Waals surface area contributed by atoms with Gasteiger partial charge in [-0.25, -0.2) is 0 Å². The van der Waals surface area contributed by atoms with Gasteiger partial charge in [-0.15, -0.1) is 0 Å². The maximum Gasteiger partial charge on any atom is 0.433 e. The number of aryl methyl sites for hydroxylation is 1. The van der Waals surface area contributed by atoms with E-state index in [2.05, 4.69) is 5.10 Å². The van der Waals surface area contributed by atoms with Crippen LogP contribution >= 0.6 is 0 Å². The van der Waals surface area contributed by atoms with Crippen molar-refractivity contribution < 1.29 is 22.7 Å². The number of carbonyl (C=O) groups is 1. The predicted octanol–water partition coefficient (Wildman–Crippen LogP) is 2.25. The monoisotopic (exact) mass is 338 g/mol. The van der Waals surface area contributed by atoms with Crippen LogP contribution in [0.4, 0.5) is 13.2 Å². The van der Waals surface area contributed by atoms with E-state index in [4.69, 9.17) is 10.5 Å². The largest absolute Gasteiger partial charge is 0.444 e. The zero-order valence-corrected chi connectivity index (χ0v) is 12.6. The summed E-state index contributed by atoms with van der Waals surface area (Å²) in [5.74, 6) is -1.58. The van der Waals surface area contributed by atoms with Crippen LogP contribution in [0, 0.1) is 11.3 Å². The lowest BCUT2D eigenvalue weighted by molar-refractivity contribution is -0.144. The van der Waals surface area contributed by atoms with E-state index in [9.17, 15) is 23.2 Å². The van der Waals surface area contributed by atoms with E-state index in [0.29, 0.717) is 17.5 Å². The molecule has 0 saturated heterocycles. The molecule has 0 spiro atoms. The summed E-state index contributed by atoms with van der Waals surface area (Å²) >= 11 is 0. The fourth-order valence-electron chi connectivity index (χ4n) is 3.18. The van der Waals surface area contributed by atoms with Crippen LogP contribution in [0.3, 0.4) is 0 Å². The first-order valence-electron chi connectivity index (χ1n) is 7.18. The number of ketones is 1. The quantitative estimate of drug-likeness (QED) is 0.847. The van der Waals surface area contributed by atoms with Gasteiger partial charge in [0.1, 0.15) is 23.1 Å². The number of carbonyl (C=O) groups excluding carboxylic acids is 1. The third kappa shape index (κ3) is 2.35. The number of hydrogen-bond donors (Lipinski definition) is 1. The number of nitrogens with two attached hydrogens (primary N) is 1. The van der Waals surface area contributed by atoms with E-state index in [-0.39, 0.29) is 40.6 Å². The van der Waals surface area contributed by atoms with Crippen molar-refractivity contribution in [2.75, 3.05) is 0 Å². The third-order valence-corrected chi connectivity index (χ3v) is 4.15. The van der Waals surface area contributed by atoms with E-state index in [0.717, 1.165) is 13.2 Å². The number of ether oxygens (including phenoxy) is 1. The molecule has 2 heterocycles. The Morgan fingerprint density at radius 3 is 2.79 bits per heavy atom. The minimum absolute atomic E-state index is 0.0745. The lowest BCUT2D eigenvalue weighted by atomic mass is 9.77. The van der Waals surface area contributed by atoms with Crippen molar-refractivity contribution in [2.24, 2.45) is 12.8 Å². The summed E-state index contributed by atoms with van der Waals surface area (Å²) in [5.41, 5.74) is 4.30. The first kappa shape index (κ1) is 16.1. The second-order valence-corrected chi connectivity index (χ2v) is 5.61. The second-order valence-electron chi connectivity index (χ2n) is 5.61. The highest BCUT2D eigenvalue weighted by Crippen LogP contribution is 2.46. The van der Waals surface area contributed by atoms with Crippen LogP contribution in [0.25, 0.3) is 0 Å². The first-order valence-corrected chi connectivity index (χ1v) is 7.18. The molecule has 0 radical (unpaired) electrons. The first-order chi connectivity index (χ1) is 11.3. The maximum atomic E-state index is 13.4. The molecular formula is C15H13F3N4O2. The third-order valence-electron chi connectivity index (χ3n) is 4.15. The fourth-order valence-corrected chi connectivity index (χ4v) is 3.18. The maximum absolute atomic E-state index is 13.4. The van der Waals surface area contributed by atoms with Gasteiger partial charge in [-0.05, 0) is 6.42 Å². The van der Waals surface area contributed by atoms with Gasteiger partial charge in [0.15, 0.2) is 5.78 Å². The van der Waals surface area contributed by atoms with Crippen molar-refractivity contribution in [3.8, 4) is 6.07 Å². The summed E-state index contributed by atoms with van der Waals surface area (Å²) in [6.45, 7) is 0. The molecule has 0 fully saturated rings. The van der Waals surface area contributed by atoms with Gasteiger partial charge in [0.25, 0.3) is 0 Å². The summed E-state index contributed by atoms with van der Waals surface area (Å²) in [4.78, 5) is 12.3. The number of allylic oxidation sites excluding steroid dienone is 3. The molecule has 2 aliphatic rings. The molecule has 6 nitrogen and oxygen atoms in total. The smallest absolute Gasteiger partial charge is 0.433 e. The molecule has 24 heavy (non-hydrogen) atoms. The Morgan fingerprint density at radius 2 is 2.17 bits per heavy atom. The molecule has 0 bridgehead atoms. The van der Waals surface area contributed by atoms with Crippen LogP contribution in [0.2, 0.25) is 0 Å². The summed E-state index contributed by atoms with van der Waals surface area (Å²) in [6.07, 6.45) is -2.56. The molecule has 1 aliphatic heterocycles. The Bertz CT molecular complexity index is 827. The Balaban J connectivity index is 2.27.